The van der Waals surface area contributed by atoms with Crippen molar-refractivity contribution in [3.63, 3.8) is 0 Å². The maximum Gasteiger partial charge on any atom is 0.246 e. The lowest BCUT2D eigenvalue weighted by Gasteiger charge is -2.34. The molecule has 0 bridgehead atoms. The molecule has 19 heavy (non-hydrogen) atoms. The van der Waals surface area contributed by atoms with Crippen molar-refractivity contribution in [3.05, 3.63) is 35.9 Å². The van der Waals surface area contributed by atoms with Gasteiger partial charge in [-0.15, -0.1) is 0 Å². The van der Waals surface area contributed by atoms with Gasteiger partial charge in [-0.2, -0.15) is 0 Å². The molecule has 2 aliphatic heterocycles. The molecule has 0 aromatic heterocycles. The average molecular weight is 260 g/mol. The molecule has 100 valence electrons. The van der Waals surface area contributed by atoms with Gasteiger partial charge in [0.05, 0.1) is 6.10 Å². The van der Waals surface area contributed by atoms with Crippen LogP contribution >= 0.6 is 0 Å². The predicted molar refractivity (Wildman–Crippen MR) is 68.2 cm³/mol. The highest BCUT2D eigenvalue weighted by Crippen LogP contribution is 2.23. The van der Waals surface area contributed by atoms with Crippen molar-refractivity contribution >= 4 is 11.8 Å². The van der Waals surface area contributed by atoms with Crippen molar-refractivity contribution < 1.29 is 14.7 Å². The van der Waals surface area contributed by atoms with Gasteiger partial charge in [-0.25, -0.2) is 0 Å². The fraction of sp³-hybridized carbons (Fsp3) is 0.429. The minimum absolute atomic E-state index is 0.0926. The van der Waals surface area contributed by atoms with E-state index >= 15 is 0 Å². The molecule has 3 atom stereocenters. The van der Waals surface area contributed by atoms with Crippen LogP contribution < -0.4 is 5.32 Å². The van der Waals surface area contributed by atoms with Crippen LogP contribution in [-0.2, 0) is 16.0 Å². The largest absolute Gasteiger partial charge is 0.391 e. The lowest BCUT2D eigenvalue weighted by Crippen LogP contribution is -2.61. The van der Waals surface area contributed by atoms with Crippen molar-refractivity contribution in [1.29, 1.82) is 0 Å². The van der Waals surface area contributed by atoms with E-state index in [-0.39, 0.29) is 18.4 Å². The SMILES string of the molecule is O=C1N[C@@H](Cc2ccccc2)C(=O)N2C[C@H](O)C[C@H]12. The van der Waals surface area contributed by atoms with Crippen LogP contribution in [0.15, 0.2) is 30.3 Å². The Morgan fingerprint density at radius 2 is 2.00 bits per heavy atom. The van der Waals surface area contributed by atoms with Crippen LogP contribution in [0.5, 0.6) is 0 Å². The Hall–Kier alpha value is -1.88. The number of piperazine rings is 1. The first-order valence-electron chi connectivity index (χ1n) is 6.48. The molecule has 2 saturated heterocycles. The second kappa shape index (κ2) is 4.66. The number of hydrogen-bond donors (Lipinski definition) is 2. The zero-order valence-electron chi connectivity index (χ0n) is 10.5. The third kappa shape index (κ3) is 2.21. The molecule has 3 rings (SSSR count). The monoisotopic (exact) mass is 260 g/mol. The summed E-state index contributed by atoms with van der Waals surface area (Å²) in [5, 5.41) is 12.4. The van der Waals surface area contributed by atoms with Gasteiger partial charge < -0.3 is 15.3 Å². The van der Waals surface area contributed by atoms with Gasteiger partial charge in [0.2, 0.25) is 11.8 Å². The number of aliphatic hydroxyl groups is 1. The molecule has 0 saturated carbocycles. The van der Waals surface area contributed by atoms with E-state index in [1.807, 2.05) is 30.3 Å². The fourth-order valence-electron chi connectivity index (χ4n) is 2.82. The number of amides is 2. The molecule has 1 aromatic carbocycles. The van der Waals surface area contributed by atoms with Crippen molar-refractivity contribution in [3.8, 4) is 0 Å². The molecule has 2 amide bonds. The summed E-state index contributed by atoms with van der Waals surface area (Å²) in [4.78, 5) is 25.8. The van der Waals surface area contributed by atoms with Gasteiger partial charge in [0.1, 0.15) is 12.1 Å². The van der Waals surface area contributed by atoms with Gasteiger partial charge in [0.25, 0.3) is 0 Å². The van der Waals surface area contributed by atoms with Crippen molar-refractivity contribution in [2.75, 3.05) is 6.54 Å². The summed E-state index contributed by atoms with van der Waals surface area (Å²) in [6, 6.07) is 8.59. The van der Waals surface area contributed by atoms with E-state index in [2.05, 4.69) is 5.32 Å². The standard InChI is InChI=1S/C14H16N2O3/c17-10-7-12-13(18)15-11(14(19)16(12)8-10)6-9-4-2-1-3-5-9/h1-5,10-12,17H,6-8H2,(H,15,18)/t10-,11+,12-/m1/s1. The first-order valence-corrected chi connectivity index (χ1v) is 6.48. The number of benzene rings is 1. The number of aliphatic hydroxyl groups excluding tert-OH is 1. The van der Waals surface area contributed by atoms with Crippen molar-refractivity contribution in [1.82, 2.24) is 10.2 Å². The van der Waals surface area contributed by atoms with E-state index in [9.17, 15) is 14.7 Å². The number of nitrogens with one attached hydrogen (secondary N) is 1. The van der Waals surface area contributed by atoms with Crippen LogP contribution in [-0.4, -0.2) is 46.6 Å². The molecule has 2 fully saturated rings. The van der Waals surface area contributed by atoms with Gasteiger partial charge in [-0.1, -0.05) is 30.3 Å². The van der Waals surface area contributed by atoms with E-state index in [0.29, 0.717) is 12.8 Å². The number of carbonyl (C=O) groups is 2. The summed E-state index contributed by atoms with van der Waals surface area (Å²) < 4.78 is 0. The second-order valence-electron chi connectivity index (χ2n) is 5.15. The molecule has 0 radical (unpaired) electrons. The van der Waals surface area contributed by atoms with E-state index in [1.54, 1.807) is 0 Å². The van der Waals surface area contributed by atoms with Crippen molar-refractivity contribution in [2.24, 2.45) is 0 Å². The van der Waals surface area contributed by atoms with Gasteiger partial charge in [-0.3, -0.25) is 9.59 Å². The second-order valence-corrected chi connectivity index (χ2v) is 5.15. The van der Waals surface area contributed by atoms with Crippen LogP contribution in [0.3, 0.4) is 0 Å². The Kier molecular flexibility index (Phi) is 2.98. The van der Waals surface area contributed by atoms with Crippen LogP contribution in [0.1, 0.15) is 12.0 Å². The third-order valence-corrected chi connectivity index (χ3v) is 3.76. The zero-order chi connectivity index (χ0) is 13.4. The van der Waals surface area contributed by atoms with E-state index in [0.717, 1.165) is 5.56 Å². The molecule has 0 aliphatic carbocycles. The minimum Gasteiger partial charge on any atom is -0.391 e. The summed E-state index contributed by atoms with van der Waals surface area (Å²) in [5.74, 6) is -0.248. The maximum absolute atomic E-state index is 12.3. The van der Waals surface area contributed by atoms with Gasteiger partial charge in [-0.05, 0) is 5.56 Å². The zero-order valence-corrected chi connectivity index (χ0v) is 10.5. The number of rotatable bonds is 2. The van der Waals surface area contributed by atoms with E-state index in [4.69, 9.17) is 0 Å². The van der Waals surface area contributed by atoms with E-state index < -0.39 is 18.2 Å². The molecule has 0 unspecified atom stereocenters. The molecular formula is C14H16N2O3. The Balaban J connectivity index is 1.77. The lowest BCUT2D eigenvalue weighted by atomic mass is 10.0. The van der Waals surface area contributed by atoms with Crippen LogP contribution in [0.2, 0.25) is 0 Å². The normalized spacial score (nSPS) is 30.2. The molecule has 2 heterocycles. The van der Waals surface area contributed by atoms with Crippen molar-refractivity contribution in [2.45, 2.75) is 31.0 Å². The van der Waals surface area contributed by atoms with Gasteiger partial charge >= 0.3 is 0 Å². The number of hydrogen-bond acceptors (Lipinski definition) is 3. The number of fused-ring (bicyclic) bond motifs is 1. The number of nitrogens with zero attached hydrogens (tertiary/aromatic N) is 1. The Labute approximate surface area is 111 Å². The molecule has 0 spiro atoms. The smallest absolute Gasteiger partial charge is 0.246 e. The van der Waals surface area contributed by atoms with Gasteiger partial charge in [0, 0.05) is 19.4 Å². The summed E-state index contributed by atoms with van der Waals surface area (Å²) in [6.45, 7) is 0.266. The Morgan fingerprint density at radius 3 is 2.74 bits per heavy atom. The lowest BCUT2D eigenvalue weighted by molar-refractivity contribution is -0.147. The highest BCUT2D eigenvalue weighted by molar-refractivity contribution is 5.97. The first-order chi connectivity index (χ1) is 9.15. The quantitative estimate of drug-likeness (QED) is 0.766. The predicted octanol–water partition coefficient (Wildman–Crippen LogP) is -0.311. The maximum atomic E-state index is 12.3. The molecule has 1 aromatic rings. The summed E-state index contributed by atoms with van der Waals surface area (Å²) in [5.41, 5.74) is 1.01. The Bertz CT molecular complexity index is 503. The first kappa shape index (κ1) is 12.2. The minimum atomic E-state index is -0.588. The Morgan fingerprint density at radius 1 is 1.26 bits per heavy atom. The van der Waals surface area contributed by atoms with Crippen LogP contribution in [0.4, 0.5) is 0 Å². The molecule has 2 N–H and O–H groups in total. The molecular weight excluding hydrogens is 244 g/mol. The highest BCUT2D eigenvalue weighted by Gasteiger charge is 2.45. The van der Waals surface area contributed by atoms with E-state index in [1.165, 1.54) is 4.90 Å². The fourth-order valence-corrected chi connectivity index (χ4v) is 2.82. The average Bonchev–Trinajstić information content (AvgIpc) is 2.80. The highest BCUT2D eigenvalue weighted by atomic mass is 16.3. The molecule has 5 nitrogen and oxygen atoms in total. The summed E-state index contributed by atoms with van der Waals surface area (Å²) >= 11 is 0. The van der Waals surface area contributed by atoms with Gasteiger partial charge in [0.15, 0.2) is 0 Å². The number of carbonyl (C=O) groups excluding carboxylic acids is 2. The van der Waals surface area contributed by atoms with Crippen LogP contribution in [0, 0.1) is 0 Å². The molecule has 2 aliphatic rings. The third-order valence-electron chi connectivity index (χ3n) is 3.76. The molecule has 5 heteroatoms. The topological polar surface area (TPSA) is 69.6 Å². The summed E-state index contributed by atoms with van der Waals surface area (Å²) in [6.07, 6.45) is 0.246. The summed E-state index contributed by atoms with van der Waals surface area (Å²) in [7, 11) is 0. The van der Waals surface area contributed by atoms with Crippen LogP contribution in [0.25, 0.3) is 0 Å².